The van der Waals surface area contributed by atoms with Gasteiger partial charge in [0.1, 0.15) is 5.25 Å². The fraction of sp³-hybridized carbons (Fsp3) is 0.417. The molecule has 1 aromatic carbocycles. The minimum atomic E-state index is -1.17. The number of rotatable bonds is 4. The monoisotopic (exact) mass is 254 g/mol. The van der Waals surface area contributed by atoms with Gasteiger partial charge in [0.05, 0.1) is 0 Å². The number of nitrogens with one attached hydrogen (secondary N) is 1. The average molecular weight is 254 g/mol. The van der Waals surface area contributed by atoms with Gasteiger partial charge in [-0.05, 0) is 25.1 Å². The van der Waals surface area contributed by atoms with E-state index >= 15 is 0 Å². The third kappa shape index (κ3) is 3.85. The molecule has 2 atom stereocenters. The van der Waals surface area contributed by atoms with E-state index in [1.165, 1.54) is 0 Å². The van der Waals surface area contributed by atoms with Gasteiger partial charge in [-0.2, -0.15) is 0 Å². The Morgan fingerprint density at radius 3 is 2.53 bits per heavy atom. The summed E-state index contributed by atoms with van der Waals surface area (Å²) in [5.41, 5.74) is 6.82. The summed E-state index contributed by atoms with van der Waals surface area (Å²) in [6, 6.07) is 6.92. The highest BCUT2D eigenvalue weighted by atomic mass is 32.2. The van der Waals surface area contributed by atoms with Crippen molar-refractivity contribution in [3.05, 3.63) is 24.3 Å². The predicted molar refractivity (Wildman–Crippen MR) is 72.2 cm³/mol. The lowest BCUT2D eigenvalue weighted by Gasteiger charge is -2.14. The van der Waals surface area contributed by atoms with E-state index in [2.05, 4.69) is 5.32 Å². The van der Waals surface area contributed by atoms with Crippen LogP contribution in [0.3, 0.4) is 0 Å². The molecule has 0 spiro atoms. The maximum Gasteiger partial charge on any atom is 0.239 e. The van der Waals surface area contributed by atoms with Crippen LogP contribution in [0.1, 0.15) is 20.8 Å². The molecule has 0 saturated heterocycles. The molecule has 1 amide bonds. The van der Waals surface area contributed by atoms with E-state index in [1.54, 1.807) is 31.2 Å². The SMILES string of the molecule is CC(C)S(=O)C(C)C(=O)Nc1cccc(N)c1. The quantitative estimate of drug-likeness (QED) is 0.804. The van der Waals surface area contributed by atoms with Crippen molar-refractivity contribution in [3.63, 3.8) is 0 Å². The highest BCUT2D eigenvalue weighted by molar-refractivity contribution is 7.87. The molecule has 3 N–H and O–H groups in total. The standard InChI is InChI=1S/C12H18N2O2S/c1-8(2)17(16)9(3)12(15)14-11-6-4-5-10(13)7-11/h4-9H,13H2,1-3H3,(H,14,15). The third-order valence-electron chi connectivity index (χ3n) is 2.34. The molecule has 4 nitrogen and oxygen atoms in total. The molecule has 0 fully saturated rings. The molecular weight excluding hydrogens is 236 g/mol. The molecule has 0 aromatic heterocycles. The lowest BCUT2D eigenvalue weighted by molar-refractivity contribution is -0.115. The second kappa shape index (κ2) is 5.82. The van der Waals surface area contributed by atoms with Crippen molar-refractivity contribution in [2.75, 3.05) is 11.1 Å². The summed E-state index contributed by atoms with van der Waals surface area (Å²) in [7, 11) is -1.17. The van der Waals surface area contributed by atoms with Gasteiger partial charge in [0, 0.05) is 27.4 Å². The summed E-state index contributed by atoms with van der Waals surface area (Å²) in [5.74, 6) is -0.248. The van der Waals surface area contributed by atoms with E-state index in [4.69, 9.17) is 5.73 Å². The van der Waals surface area contributed by atoms with Gasteiger partial charge in [0.25, 0.3) is 0 Å². The van der Waals surface area contributed by atoms with E-state index in [1.807, 2.05) is 13.8 Å². The van der Waals surface area contributed by atoms with E-state index < -0.39 is 16.0 Å². The zero-order valence-electron chi connectivity index (χ0n) is 10.3. The summed E-state index contributed by atoms with van der Waals surface area (Å²) in [6.07, 6.45) is 0. The van der Waals surface area contributed by atoms with Gasteiger partial charge in [0.15, 0.2) is 0 Å². The van der Waals surface area contributed by atoms with Gasteiger partial charge in [-0.25, -0.2) is 0 Å². The van der Waals surface area contributed by atoms with Crippen LogP contribution in [0.15, 0.2) is 24.3 Å². The highest BCUT2D eigenvalue weighted by Crippen LogP contribution is 2.13. The zero-order valence-corrected chi connectivity index (χ0v) is 11.1. The largest absolute Gasteiger partial charge is 0.399 e. The normalized spacial score (nSPS) is 14.4. The van der Waals surface area contributed by atoms with Gasteiger partial charge in [-0.1, -0.05) is 19.9 Å². The first-order valence-corrected chi connectivity index (χ1v) is 6.75. The van der Waals surface area contributed by atoms with Crippen molar-refractivity contribution >= 4 is 28.1 Å². The van der Waals surface area contributed by atoms with E-state index in [0.717, 1.165) is 0 Å². The molecular formula is C12H18N2O2S. The van der Waals surface area contributed by atoms with Crippen LogP contribution in [-0.4, -0.2) is 20.6 Å². The number of nitrogen functional groups attached to an aromatic ring is 1. The smallest absolute Gasteiger partial charge is 0.239 e. The first kappa shape index (κ1) is 13.7. The van der Waals surface area contributed by atoms with Crippen molar-refractivity contribution in [2.24, 2.45) is 0 Å². The van der Waals surface area contributed by atoms with Crippen LogP contribution in [0.2, 0.25) is 0 Å². The van der Waals surface area contributed by atoms with Crippen LogP contribution in [0.5, 0.6) is 0 Å². The highest BCUT2D eigenvalue weighted by Gasteiger charge is 2.22. The molecule has 0 bridgehead atoms. The summed E-state index contributed by atoms with van der Waals surface area (Å²) in [4.78, 5) is 11.8. The second-order valence-electron chi connectivity index (χ2n) is 4.13. The van der Waals surface area contributed by atoms with Crippen molar-refractivity contribution in [1.29, 1.82) is 0 Å². The lowest BCUT2D eigenvalue weighted by atomic mass is 10.3. The van der Waals surface area contributed by atoms with Crippen LogP contribution in [0.25, 0.3) is 0 Å². The number of anilines is 2. The van der Waals surface area contributed by atoms with Crippen LogP contribution in [0, 0.1) is 0 Å². The minimum absolute atomic E-state index is 0.0309. The van der Waals surface area contributed by atoms with Crippen molar-refractivity contribution in [2.45, 2.75) is 31.3 Å². The Morgan fingerprint density at radius 1 is 1.35 bits per heavy atom. The molecule has 0 radical (unpaired) electrons. The van der Waals surface area contributed by atoms with Gasteiger partial charge in [-0.15, -0.1) is 0 Å². The van der Waals surface area contributed by atoms with Gasteiger partial charge in [0.2, 0.25) is 5.91 Å². The Bertz CT molecular complexity index is 432. The first-order chi connectivity index (χ1) is 7.91. The molecule has 2 unspecified atom stereocenters. The maximum atomic E-state index is 11.8. The molecule has 0 heterocycles. The fourth-order valence-electron chi connectivity index (χ4n) is 1.37. The summed E-state index contributed by atoms with van der Waals surface area (Å²) in [6.45, 7) is 5.33. The molecule has 94 valence electrons. The Labute approximate surface area is 104 Å². The summed E-state index contributed by atoms with van der Waals surface area (Å²) >= 11 is 0. The van der Waals surface area contributed by atoms with Gasteiger partial charge >= 0.3 is 0 Å². The second-order valence-corrected chi connectivity index (χ2v) is 6.44. The Balaban J connectivity index is 2.70. The van der Waals surface area contributed by atoms with Crippen LogP contribution in [0.4, 0.5) is 11.4 Å². The molecule has 0 aliphatic carbocycles. The minimum Gasteiger partial charge on any atom is -0.399 e. The molecule has 0 aliphatic heterocycles. The molecule has 17 heavy (non-hydrogen) atoms. The number of carbonyl (C=O) groups excluding carboxylic acids is 1. The molecule has 0 aliphatic rings. The van der Waals surface area contributed by atoms with E-state index in [-0.39, 0.29) is 11.2 Å². The number of hydrogen-bond donors (Lipinski definition) is 2. The van der Waals surface area contributed by atoms with Crippen molar-refractivity contribution in [1.82, 2.24) is 0 Å². The summed E-state index contributed by atoms with van der Waals surface area (Å²) in [5, 5.41) is 2.14. The van der Waals surface area contributed by atoms with E-state index in [9.17, 15) is 9.00 Å². The third-order valence-corrected chi connectivity index (χ3v) is 4.18. The fourth-order valence-corrected chi connectivity index (χ4v) is 2.46. The Hall–Kier alpha value is -1.36. The zero-order chi connectivity index (χ0) is 13.0. The van der Waals surface area contributed by atoms with Gasteiger partial charge in [-0.3, -0.25) is 9.00 Å². The number of carbonyl (C=O) groups is 1. The number of amides is 1. The molecule has 0 saturated carbocycles. The van der Waals surface area contributed by atoms with E-state index in [0.29, 0.717) is 11.4 Å². The van der Waals surface area contributed by atoms with Crippen LogP contribution in [-0.2, 0) is 15.6 Å². The average Bonchev–Trinajstić information content (AvgIpc) is 2.26. The van der Waals surface area contributed by atoms with Crippen LogP contribution >= 0.6 is 0 Å². The maximum absolute atomic E-state index is 11.8. The Kier molecular flexibility index (Phi) is 4.69. The number of nitrogens with two attached hydrogens (primary N) is 1. The number of benzene rings is 1. The Morgan fingerprint density at radius 2 is 2.00 bits per heavy atom. The molecule has 5 heteroatoms. The summed E-state index contributed by atoms with van der Waals surface area (Å²) < 4.78 is 11.8. The number of hydrogen-bond acceptors (Lipinski definition) is 3. The molecule has 1 aromatic rings. The lowest BCUT2D eigenvalue weighted by Crippen LogP contribution is -2.32. The predicted octanol–water partition coefficient (Wildman–Crippen LogP) is 1.75. The van der Waals surface area contributed by atoms with Crippen molar-refractivity contribution < 1.29 is 9.00 Å². The topological polar surface area (TPSA) is 72.2 Å². The van der Waals surface area contributed by atoms with Gasteiger partial charge < -0.3 is 11.1 Å². The molecule has 1 rings (SSSR count). The van der Waals surface area contributed by atoms with Crippen LogP contribution < -0.4 is 11.1 Å². The first-order valence-electron chi connectivity index (χ1n) is 5.47. The van der Waals surface area contributed by atoms with Crippen molar-refractivity contribution in [3.8, 4) is 0 Å².